The first-order chi connectivity index (χ1) is 14.9. The second kappa shape index (κ2) is 8.43. The van der Waals surface area contributed by atoms with Crippen LogP contribution in [0.15, 0.2) is 41.2 Å². The van der Waals surface area contributed by atoms with Crippen LogP contribution in [0.2, 0.25) is 0 Å². The van der Waals surface area contributed by atoms with E-state index in [4.69, 9.17) is 4.74 Å². The first kappa shape index (κ1) is 20.9. The molecule has 0 atom stereocenters. The number of piperidine rings is 1. The van der Waals surface area contributed by atoms with Crippen molar-refractivity contribution in [3.63, 3.8) is 0 Å². The molecule has 3 aromatic rings. The number of anilines is 1. The van der Waals surface area contributed by atoms with Gasteiger partial charge in [-0.1, -0.05) is 19.9 Å². The van der Waals surface area contributed by atoms with Gasteiger partial charge in [0.05, 0.1) is 11.2 Å². The molecule has 1 fully saturated rings. The number of aryl methyl sites for hydroxylation is 2. The zero-order valence-electron chi connectivity index (χ0n) is 18.6. The van der Waals surface area contributed by atoms with Gasteiger partial charge in [-0.15, -0.1) is 0 Å². The Kier molecular flexibility index (Phi) is 5.69. The Hall–Kier alpha value is -3.33. The molecule has 1 aromatic carbocycles. The van der Waals surface area contributed by atoms with E-state index in [1.165, 1.54) is 11.1 Å². The van der Waals surface area contributed by atoms with E-state index in [0.717, 1.165) is 42.9 Å². The molecule has 6 nitrogen and oxygen atoms in total. The van der Waals surface area contributed by atoms with Gasteiger partial charge in [0, 0.05) is 39.0 Å². The van der Waals surface area contributed by atoms with E-state index in [-0.39, 0.29) is 11.7 Å². The van der Waals surface area contributed by atoms with Crippen molar-refractivity contribution in [3.05, 3.63) is 63.6 Å². The molecule has 2 aromatic heterocycles. The molecular weight excluding hydrogens is 388 g/mol. The summed E-state index contributed by atoms with van der Waals surface area (Å²) in [7, 11) is 1.73. The van der Waals surface area contributed by atoms with Crippen molar-refractivity contribution in [3.8, 4) is 11.8 Å². The molecule has 0 unspecified atom stereocenters. The van der Waals surface area contributed by atoms with Crippen LogP contribution >= 0.6 is 0 Å². The third kappa shape index (κ3) is 4.13. The predicted molar refractivity (Wildman–Crippen MR) is 123 cm³/mol. The van der Waals surface area contributed by atoms with Crippen molar-refractivity contribution in [1.82, 2.24) is 9.55 Å². The average Bonchev–Trinajstić information content (AvgIpc) is 2.76. The van der Waals surface area contributed by atoms with E-state index in [1.54, 1.807) is 29.8 Å². The fourth-order valence-corrected chi connectivity index (χ4v) is 4.39. The van der Waals surface area contributed by atoms with E-state index >= 15 is 0 Å². The summed E-state index contributed by atoms with van der Waals surface area (Å²) in [5, 5.41) is 9.25. The number of fused-ring (bicyclic) bond motifs is 1. The second-order valence-electron chi connectivity index (χ2n) is 8.58. The van der Waals surface area contributed by atoms with Crippen molar-refractivity contribution >= 4 is 16.7 Å². The van der Waals surface area contributed by atoms with Crippen LogP contribution in [0.1, 0.15) is 49.4 Å². The summed E-state index contributed by atoms with van der Waals surface area (Å²) >= 11 is 0. The van der Waals surface area contributed by atoms with Gasteiger partial charge in [-0.25, -0.2) is 4.98 Å². The van der Waals surface area contributed by atoms with E-state index in [9.17, 15) is 10.1 Å². The summed E-state index contributed by atoms with van der Waals surface area (Å²) in [6.45, 7) is 8.08. The molecule has 0 spiro atoms. The Balaban J connectivity index is 1.52. The number of aromatic nitrogens is 2. The van der Waals surface area contributed by atoms with Crippen molar-refractivity contribution in [2.75, 3.05) is 18.0 Å². The normalized spacial score (nSPS) is 14.8. The van der Waals surface area contributed by atoms with E-state index in [1.807, 2.05) is 0 Å². The maximum atomic E-state index is 12.5. The summed E-state index contributed by atoms with van der Waals surface area (Å²) in [4.78, 5) is 19.2. The molecule has 1 saturated heterocycles. The molecule has 0 radical (unpaired) electrons. The molecule has 3 heterocycles. The molecule has 1 aliphatic rings. The number of ether oxygens (including phenoxy) is 1. The monoisotopic (exact) mass is 416 g/mol. The fourth-order valence-electron chi connectivity index (χ4n) is 4.39. The van der Waals surface area contributed by atoms with Crippen LogP contribution in [-0.4, -0.2) is 28.7 Å². The molecule has 160 valence electrons. The van der Waals surface area contributed by atoms with Gasteiger partial charge >= 0.3 is 0 Å². The highest BCUT2D eigenvalue weighted by Gasteiger charge is 2.24. The van der Waals surface area contributed by atoms with Gasteiger partial charge in [0.15, 0.2) is 0 Å². The topological polar surface area (TPSA) is 71.2 Å². The summed E-state index contributed by atoms with van der Waals surface area (Å²) in [5.74, 6) is 1.42. The van der Waals surface area contributed by atoms with Crippen LogP contribution in [0, 0.1) is 18.3 Å². The number of rotatable bonds is 4. The quantitative estimate of drug-likeness (QED) is 0.635. The standard InChI is InChI=1S/C25H28N4O2/c1-16(2)21-7-6-20(13-17(21)3)31-19-9-11-29(12-10-19)23-14-24(30)28(4)22-8-5-18(15-26)27-25(22)23/h5-8,13-14,16,19H,9-12H2,1-4H3. The summed E-state index contributed by atoms with van der Waals surface area (Å²) in [6, 6.07) is 13.5. The van der Waals surface area contributed by atoms with Gasteiger partial charge in [-0.2, -0.15) is 5.26 Å². The van der Waals surface area contributed by atoms with E-state index in [2.05, 4.69) is 54.9 Å². The highest BCUT2D eigenvalue weighted by Crippen LogP contribution is 2.29. The van der Waals surface area contributed by atoms with E-state index < -0.39 is 0 Å². The lowest BCUT2D eigenvalue weighted by Crippen LogP contribution is -2.39. The zero-order chi connectivity index (χ0) is 22.1. The Morgan fingerprint density at radius 3 is 2.55 bits per heavy atom. The lowest BCUT2D eigenvalue weighted by molar-refractivity contribution is 0.171. The van der Waals surface area contributed by atoms with Crippen LogP contribution in [-0.2, 0) is 7.05 Å². The first-order valence-corrected chi connectivity index (χ1v) is 10.8. The predicted octanol–water partition coefficient (Wildman–Crippen LogP) is 4.28. The smallest absolute Gasteiger partial charge is 0.252 e. The van der Waals surface area contributed by atoms with Crippen molar-refractivity contribution in [2.45, 2.75) is 45.6 Å². The van der Waals surface area contributed by atoms with Gasteiger partial charge in [-0.05, 0) is 48.2 Å². The third-order valence-corrected chi connectivity index (χ3v) is 6.13. The largest absolute Gasteiger partial charge is 0.490 e. The van der Waals surface area contributed by atoms with Gasteiger partial charge in [0.25, 0.3) is 5.56 Å². The van der Waals surface area contributed by atoms with E-state index in [0.29, 0.717) is 17.1 Å². The minimum Gasteiger partial charge on any atom is -0.490 e. The Labute approximate surface area is 182 Å². The molecule has 4 rings (SSSR count). The Morgan fingerprint density at radius 2 is 1.90 bits per heavy atom. The van der Waals surface area contributed by atoms with Crippen molar-refractivity contribution in [1.29, 1.82) is 5.26 Å². The van der Waals surface area contributed by atoms with Gasteiger partial charge in [-0.3, -0.25) is 4.79 Å². The van der Waals surface area contributed by atoms with Crippen LogP contribution in [0.3, 0.4) is 0 Å². The molecule has 0 N–H and O–H groups in total. The number of hydrogen-bond acceptors (Lipinski definition) is 5. The third-order valence-electron chi connectivity index (χ3n) is 6.13. The molecule has 0 aliphatic carbocycles. The lowest BCUT2D eigenvalue weighted by atomic mass is 9.98. The maximum Gasteiger partial charge on any atom is 0.252 e. The molecule has 31 heavy (non-hydrogen) atoms. The van der Waals surface area contributed by atoms with Crippen LogP contribution in [0.4, 0.5) is 5.69 Å². The molecule has 0 amide bonds. The number of pyridine rings is 2. The lowest BCUT2D eigenvalue weighted by Gasteiger charge is -2.34. The van der Waals surface area contributed by atoms with Gasteiger partial charge in [0.2, 0.25) is 0 Å². The summed E-state index contributed by atoms with van der Waals surface area (Å²) in [6.07, 6.45) is 1.86. The van der Waals surface area contributed by atoms with Crippen LogP contribution in [0.25, 0.3) is 11.0 Å². The molecule has 0 bridgehead atoms. The average molecular weight is 417 g/mol. The summed E-state index contributed by atoms with van der Waals surface area (Å²) in [5.41, 5.74) is 5.12. The fraction of sp³-hybridized carbons (Fsp3) is 0.400. The van der Waals surface area contributed by atoms with Gasteiger partial charge in [0.1, 0.15) is 29.1 Å². The minimum absolute atomic E-state index is 0.0758. The van der Waals surface area contributed by atoms with Crippen molar-refractivity contribution < 1.29 is 4.74 Å². The minimum atomic E-state index is -0.0758. The first-order valence-electron chi connectivity index (χ1n) is 10.8. The Bertz CT molecular complexity index is 1210. The van der Waals surface area contributed by atoms with Gasteiger partial charge < -0.3 is 14.2 Å². The molecule has 6 heteroatoms. The Morgan fingerprint density at radius 1 is 1.16 bits per heavy atom. The highest BCUT2D eigenvalue weighted by atomic mass is 16.5. The number of hydrogen-bond donors (Lipinski definition) is 0. The van der Waals surface area contributed by atoms with Crippen molar-refractivity contribution in [2.24, 2.45) is 7.05 Å². The second-order valence-corrected chi connectivity index (χ2v) is 8.58. The maximum absolute atomic E-state index is 12.5. The molecular formula is C25H28N4O2. The number of nitriles is 1. The van der Waals surface area contributed by atoms with Crippen LogP contribution in [0.5, 0.6) is 5.75 Å². The van der Waals surface area contributed by atoms with Crippen LogP contribution < -0.4 is 15.2 Å². The number of benzene rings is 1. The number of nitrogens with zero attached hydrogens (tertiary/aromatic N) is 4. The highest BCUT2D eigenvalue weighted by molar-refractivity contribution is 5.88. The zero-order valence-corrected chi connectivity index (χ0v) is 18.6. The summed E-state index contributed by atoms with van der Waals surface area (Å²) < 4.78 is 7.85. The SMILES string of the molecule is Cc1cc(OC2CCN(c3cc(=O)n(C)c4ccc(C#N)nc34)CC2)ccc1C(C)C. The molecule has 0 saturated carbocycles. The molecule has 1 aliphatic heterocycles.